The second-order valence-electron chi connectivity index (χ2n) is 3.46. The average Bonchev–Trinajstić information content (AvgIpc) is 2.28. The average molecular weight is 311 g/mol. The molecule has 4 nitrogen and oxygen atoms in total. The third-order valence-electron chi connectivity index (χ3n) is 2.16. The first-order valence-corrected chi connectivity index (χ1v) is 5.78. The van der Waals surface area contributed by atoms with Gasteiger partial charge in [-0.25, -0.2) is 9.37 Å². The van der Waals surface area contributed by atoms with E-state index in [4.69, 9.17) is 0 Å². The predicted octanol–water partition coefficient (Wildman–Crippen LogP) is 2.94. The van der Waals surface area contributed by atoms with Gasteiger partial charge in [0, 0.05) is 6.07 Å². The van der Waals surface area contributed by atoms with Crippen LogP contribution in [0.1, 0.15) is 10.4 Å². The van der Waals surface area contributed by atoms with Crippen LogP contribution in [-0.2, 0) is 0 Å². The second-order valence-corrected chi connectivity index (χ2v) is 4.27. The van der Waals surface area contributed by atoms with Crippen LogP contribution >= 0.6 is 15.9 Å². The molecule has 0 fully saturated rings. The molecule has 92 valence electrons. The lowest BCUT2D eigenvalue weighted by Crippen LogP contribution is -2.13. The van der Waals surface area contributed by atoms with E-state index in [-0.39, 0.29) is 5.56 Å². The van der Waals surface area contributed by atoms with E-state index in [1.54, 1.807) is 18.2 Å². The Morgan fingerprint density at radius 3 is 2.78 bits per heavy atom. The Morgan fingerprint density at radius 2 is 2.11 bits per heavy atom. The van der Waals surface area contributed by atoms with Crippen molar-refractivity contribution in [1.82, 2.24) is 4.98 Å². The number of halogens is 2. The summed E-state index contributed by atoms with van der Waals surface area (Å²) < 4.78 is 13.4. The molecule has 0 bridgehead atoms. The van der Waals surface area contributed by atoms with Crippen LogP contribution in [0.15, 0.2) is 41.0 Å². The Balaban J connectivity index is 2.22. The Hall–Kier alpha value is -1.95. The van der Waals surface area contributed by atoms with Crippen molar-refractivity contribution in [1.29, 1.82) is 0 Å². The SMILES string of the molecule is O=C(Nc1cccc(Br)n1)c1ccc(F)cc1O. The molecule has 2 N–H and O–H groups in total. The minimum atomic E-state index is -0.607. The highest BCUT2D eigenvalue weighted by Gasteiger charge is 2.12. The topological polar surface area (TPSA) is 62.2 Å². The van der Waals surface area contributed by atoms with E-state index < -0.39 is 17.5 Å². The Bertz CT molecular complexity index is 604. The zero-order chi connectivity index (χ0) is 13.1. The van der Waals surface area contributed by atoms with Gasteiger partial charge in [0.05, 0.1) is 5.56 Å². The molecule has 0 aliphatic carbocycles. The van der Waals surface area contributed by atoms with Crippen LogP contribution in [0.25, 0.3) is 0 Å². The van der Waals surface area contributed by atoms with Gasteiger partial charge in [-0.15, -0.1) is 0 Å². The summed E-state index contributed by atoms with van der Waals surface area (Å²) in [5.74, 6) is -1.25. The van der Waals surface area contributed by atoms with E-state index in [1.807, 2.05) is 0 Å². The van der Waals surface area contributed by atoms with Gasteiger partial charge >= 0.3 is 0 Å². The lowest BCUT2D eigenvalue weighted by atomic mass is 10.2. The summed E-state index contributed by atoms with van der Waals surface area (Å²) in [7, 11) is 0. The van der Waals surface area contributed by atoms with Crippen molar-refractivity contribution in [3.05, 3.63) is 52.4 Å². The molecular weight excluding hydrogens is 303 g/mol. The van der Waals surface area contributed by atoms with Gasteiger partial charge in [-0.1, -0.05) is 6.07 Å². The number of pyridine rings is 1. The summed E-state index contributed by atoms with van der Waals surface area (Å²) in [5.41, 5.74) is -0.0156. The standard InChI is InChI=1S/C12H8BrFN2O2/c13-10-2-1-3-11(15-10)16-12(18)8-5-4-7(14)6-9(8)17/h1-6,17H,(H,15,16,18). The largest absolute Gasteiger partial charge is 0.507 e. The third kappa shape index (κ3) is 2.84. The lowest BCUT2D eigenvalue weighted by molar-refractivity contribution is 0.102. The van der Waals surface area contributed by atoms with E-state index >= 15 is 0 Å². The Labute approximate surface area is 111 Å². The first-order valence-electron chi connectivity index (χ1n) is 4.98. The van der Waals surface area contributed by atoms with Crippen molar-refractivity contribution in [3.63, 3.8) is 0 Å². The number of phenolic OH excluding ortho intramolecular Hbond substituents is 1. The number of aromatic hydroxyl groups is 1. The minimum absolute atomic E-state index is 0.0156. The number of hydrogen-bond acceptors (Lipinski definition) is 3. The van der Waals surface area contributed by atoms with Gasteiger partial charge in [0.2, 0.25) is 0 Å². The van der Waals surface area contributed by atoms with Crippen molar-refractivity contribution in [2.24, 2.45) is 0 Å². The zero-order valence-corrected chi connectivity index (χ0v) is 10.6. The summed E-state index contributed by atoms with van der Waals surface area (Å²) in [6.45, 7) is 0. The van der Waals surface area contributed by atoms with E-state index in [0.717, 1.165) is 12.1 Å². The van der Waals surface area contributed by atoms with Crippen molar-refractivity contribution < 1.29 is 14.3 Å². The molecule has 1 amide bonds. The normalized spacial score (nSPS) is 10.1. The fourth-order valence-corrected chi connectivity index (χ4v) is 1.70. The summed E-state index contributed by atoms with van der Waals surface area (Å²) in [5, 5.41) is 12.0. The summed E-state index contributed by atoms with van der Waals surface area (Å²) in [6.07, 6.45) is 0. The highest BCUT2D eigenvalue weighted by atomic mass is 79.9. The van der Waals surface area contributed by atoms with Crippen molar-refractivity contribution in [3.8, 4) is 5.75 Å². The number of carbonyl (C=O) groups excluding carboxylic acids is 1. The van der Waals surface area contributed by atoms with Gasteiger partial charge in [-0.3, -0.25) is 4.79 Å². The van der Waals surface area contributed by atoms with Crippen LogP contribution in [0.3, 0.4) is 0 Å². The molecule has 0 spiro atoms. The van der Waals surface area contributed by atoms with Crippen molar-refractivity contribution in [2.75, 3.05) is 5.32 Å². The molecule has 0 saturated heterocycles. The van der Waals surface area contributed by atoms with Crippen LogP contribution in [-0.4, -0.2) is 16.0 Å². The molecule has 2 rings (SSSR count). The number of rotatable bonds is 2. The van der Waals surface area contributed by atoms with E-state index in [1.165, 1.54) is 6.07 Å². The molecule has 1 heterocycles. The Kier molecular flexibility index (Phi) is 3.57. The number of benzene rings is 1. The molecule has 0 aliphatic heterocycles. The van der Waals surface area contributed by atoms with E-state index in [0.29, 0.717) is 10.4 Å². The molecule has 0 saturated carbocycles. The fourth-order valence-electron chi connectivity index (χ4n) is 1.36. The number of nitrogens with zero attached hydrogens (tertiary/aromatic N) is 1. The molecule has 1 aromatic carbocycles. The number of hydrogen-bond donors (Lipinski definition) is 2. The molecular formula is C12H8BrFN2O2. The van der Waals surface area contributed by atoms with Crippen LogP contribution in [0.4, 0.5) is 10.2 Å². The Morgan fingerprint density at radius 1 is 1.33 bits per heavy atom. The predicted molar refractivity (Wildman–Crippen MR) is 68.0 cm³/mol. The zero-order valence-electron chi connectivity index (χ0n) is 9.02. The molecule has 18 heavy (non-hydrogen) atoms. The van der Waals surface area contributed by atoms with Crippen LogP contribution in [0.5, 0.6) is 5.75 Å². The summed E-state index contributed by atoms with van der Waals surface area (Å²) in [6, 6.07) is 8.20. The van der Waals surface area contributed by atoms with Crippen molar-refractivity contribution in [2.45, 2.75) is 0 Å². The smallest absolute Gasteiger partial charge is 0.260 e. The van der Waals surface area contributed by atoms with E-state index in [2.05, 4.69) is 26.2 Å². The number of aromatic nitrogens is 1. The first kappa shape index (κ1) is 12.5. The van der Waals surface area contributed by atoms with Gasteiger partial charge < -0.3 is 10.4 Å². The number of phenols is 1. The first-order chi connectivity index (χ1) is 8.56. The van der Waals surface area contributed by atoms with Crippen LogP contribution in [0.2, 0.25) is 0 Å². The van der Waals surface area contributed by atoms with Crippen LogP contribution in [0, 0.1) is 5.82 Å². The summed E-state index contributed by atoms with van der Waals surface area (Å²) in [4.78, 5) is 15.8. The quantitative estimate of drug-likeness (QED) is 0.838. The van der Waals surface area contributed by atoms with Crippen LogP contribution < -0.4 is 5.32 Å². The molecule has 6 heteroatoms. The maximum Gasteiger partial charge on any atom is 0.260 e. The third-order valence-corrected chi connectivity index (χ3v) is 2.60. The molecule has 0 aliphatic rings. The van der Waals surface area contributed by atoms with E-state index in [9.17, 15) is 14.3 Å². The molecule has 0 atom stereocenters. The number of nitrogens with one attached hydrogen (secondary N) is 1. The highest BCUT2D eigenvalue weighted by molar-refractivity contribution is 9.10. The number of carbonyl (C=O) groups is 1. The molecule has 0 unspecified atom stereocenters. The van der Waals surface area contributed by atoms with Gasteiger partial charge in [0.25, 0.3) is 5.91 Å². The number of amides is 1. The lowest BCUT2D eigenvalue weighted by Gasteiger charge is -2.06. The van der Waals surface area contributed by atoms with Gasteiger partial charge in [0.1, 0.15) is 22.0 Å². The second kappa shape index (κ2) is 5.14. The maximum atomic E-state index is 12.8. The minimum Gasteiger partial charge on any atom is -0.507 e. The summed E-state index contributed by atoms with van der Waals surface area (Å²) >= 11 is 3.17. The van der Waals surface area contributed by atoms with Gasteiger partial charge in [0.15, 0.2) is 0 Å². The molecule has 2 aromatic rings. The molecule has 0 radical (unpaired) electrons. The molecule has 1 aromatic heterocycles. The van der Waals surface area contributed by atoms with Crippen molar-refractivity contribution >= 4 is 27.7 Å². The monoisotopic (exact) mass is 310 g/mol. The highest BCUT2D eigenvalue weighted by Crippen LogP contribution is 2.19. The van der Waals surface area contributed by atoms with Gasteiger partial charge in [-0.05, 0) is 40.2 Å². The maximum absolute atomic E-state index is 12.8. The van der Waals surface area contributed by atoms with Gasteiger partial charge in [-0.2, -0.15) is 0 Å². The fraction of sp³-hybridized carbons (Fsp3) is 0. The number of anilines is 1.